The molecule has 0 N–H and O–H groups in total. The Morgan fingerprint density at radius 1 is 0.444 bits per heavy atom. The Kier molecular flexibility index (Phi) is 28.9. The summed E-state index contributed by atoms with van der Waals surface area (Å²) in [6.45, 7) is 31.3. The predicted octanol–water partition coefficient (Wildman–Crippen LogP) is 9.95. The molecule has 0 aromatic rings. The quantitative estimate of drug-likeness (QED) is 0.113. The van der Waals surface area contributed by atoms with E-state index >= 15 is 0 Å². The third-order valence-corrected chi connectivity index (χ3v) is 11.7. The molecule has 1 rings (SSSR count). The third kappa shape index (κ3) is 12.3. The average molecular weight is 564 g/mol. The first-order valence-electron chi connectivity index (χ1n) is 14.5. The van der Waals surface area contributed by atoms with Gasteiger partial charge in [-0.3, -0.25) is 14.0 Å². The van der Waals surface area contributed by atoms with Crippen molar-refractivity contribution in [1.29, 1.82) is 0 Å². The molecule has 0 heterocycles. The van der Waals surface area contributed by atoms with Crippen LogP contribution in [0.15, 0.2) is 0 Å². The fourth-order valence-electron chi connectivity index (χ4n) is 5.62. The number of nitrogens with zero attached hydrogens (tertiary/aromatic N) is 4. The number of hydrogen-bond donors (Lipinski definition) is 0. The summed E-state index contributed by atoms with van der Waals surface area (Å²) in [6, 6.07) is 0. The van der Waals surface area contributed by atoms with E-state index in [2.05, 4.69) is 90.2 Å². The average Bonchev–Trinajstić information content (AvgIpc) is 2.96. The Morgan fingerprint density at radius 3 is 0.694 bits per heavy atom. The summed E-state index contributed by atoms with van der Waals surface area (Å²) < 4.78 is 7.26. The molecule has 216 valence electrons. The van der Waals surface area contributed by atoms with Crippen LogP contribution in [0, 0.1) is 44.4 Å². The van der Waals surface area contributed by atoms with Gasteiger partial charge in [0, 0.05) is 39.3 Å². The predicted molar refractivity (Wildman–Crippen MR) is 165 cm³/mol. The molecule has 0 atom stereocenters. The summed E-state index contributed by atoms with van der Waals surface area (Å²) >= 11 is 0. The summed E-state index contributed by atoms with van der Waals surface area (Å²) in [5.41, 5.74) is 0. The summed E-state index contributed by atoms with van der Waals surface area (Å²) in [6.07, 6.45) is 6.59. The maximum Gasteiger partial charge on any atom is 4.00 e. The second-order valence-corrected chi connectivity index (χ2v) is 13.5. The molecular weight excluding hydrogens is 495 g/mol. The minimum absolute atomic E-state index is 0. The molecule has 0 aromatic carbocycles. The molecule has 0 unspecified atom stereocenters. The smallest absolute Gasteiger partial charge is 0.770 e. The second-order valence-electron chi connectivity index (χ2n) is 10.7. The van der Waals surface area contributed by atoms with Gasteiger partial charge in [0.1, 0.15) is 0 Å². The minimum Gasteiger partial charge on any atom is -0.770 e. The van der Waals surface area contributed by atoms with E-state index in [-0.39, 0.29) is 36.6 Å². The molecule has 0 spiro atoms. The van der Waals surface area contributed by atoms with Crippen LogP contribution in [0.25, 0.3) is 5.16 Å². The normalized spacial score (nSPS) is 23.6. The molecule has 36 heavy (non-hydrogen) atoms. The van der Waals surface area contributed by atoms with Gasteiger partial charge in [-0.15, -0.1) is 0 Å². The largest absolute Gasteiger partial charge is 4.00 e. The molecule has 0 saturated heterocycles. The van der Waals surface area contributed by atoms with E-state index in [4.69, 9.17) is 0 Å². The SMILES string of the molecule is CC1C(C)C(C)C(C)C1C.CCCN(CCC)P(=[N-])(N(CCC)CCC)N(CCC)CCC.[CH3-].[CH3-].[Ti+4]. The van der Waals surface area contributed by atoms with Crippen LogP contribution in [0.3, 0.4) is 0 Å². The summed E-state index contributed by atoms with van der Waals surface area (Å²) in [7, 11) is -2.40. The standard InChI is InChI=1S/C18H42N4P.C10H20.2CH3.Ti/c1-7-13-20(14-8-2)23(19,21(15-9-3)16-10-4)22(17-11-5)18-12-6;1-6-7(2)9(4)10(5)8(6)3;;;/h7-18H2,1-6H3;6-10H,1-5H3;2*1H3;/q-1;;2*-1;+4. The van der Waals surface area contributed by atoms with Gasteiger partial charge in [0.15, 0.2) is 0 Å². The summed E-state index contributed by atoms with van der Waals surface area (Å²) in [5.74, 6) is 4.68. The van der Waals surface area contributed by atoms with Crippen LogP contribution in [0.2, 0.25) is 0 Å². The van der Waals surface area contributed by atoms with Crippen LogP contribution in [-0.2, 0) is 21.7 Å². The van der Waals surface area contributed by atoms with E-state index < -0.39 is 7.51 Å². The van der Waals surface area contributed by atoms with Gasteiger partial charge in [-0.1, -0.05) is 76.2 Å². The van der Waals surface area contributed by atoms with E-state index in [0.29, 0.717) is 0 Å². The Morgan fingerprint density at radius 2 is 0.583 bits per heavy atom. The zero-order valence-electron chi connectivity index (χ0n) is 27.1. The zero-order valence-corrected chi connectivity index (χ0v) is 29.6. The Hall–Kier alpha value is 0.824. The fourth-order valence-corrected chi connectivity index (χ4v) is 9.50. The van der Waals surface area contributed by atoms with Crippen LogP contribution < -0.4 is 0 Å². The van der Waals surface area contributed by atoms with Crippen molar-refractivity contribution in [3.63, 3.8) is 0 Å². The first-order chi connectivity index (χ1) is 15.6. The van der Waals surface area contributed by atoms with Crippen LogP contribution in [0.1, 0.15) is 115 Å². The van der Waals surface area contributed by atoms with E-state index in [1.165, 1.54) is 0 Å². The van der Waals surface area contributed by atoms with Crippen molar-refractivity contribution < 1.29 is 21.7 Å². The van der Waals surface area contributed by atoms with E-state index in [1.54, 1.807) is 0 Å². The molecule has 0 amide bonds. The number of hydrogen-bond acceptors (Lipinski definition) is 0. The molecule has 1 aliphatic rings. The molecule has 1 fully saturated rings. The first-order valence-corrected chi connectivity index (χ1v) is 16.1. The second kappa shape index (κ2) is 23.7. The molecule has 1 aliphatic carbocycles. The molecule has 1 saturated carbocycles. The maximum absolute atomic E-state index is 12.1. The molecule has 0 radical (unpaired) electrons. The summed E-state index contributed by atoms with van der Waals surface area (Å²) in [5, 5.41) is 12.1. The molecule has 0 aromatic heterocycles. The summed E-state index contributed by atoms with van der Waals surface area (Å²) in [4.78, 5) is 0. The van der Waals surface area contributed by atoms with Crippen molar-refractivity contribution in [3.8, 4) is 0 Å². The van der Waals surface area contributed by atoms with E-state index in [9.17, 15) is 5.16 Å². The van der Waals surface area contributed by atoms with E-state index in [1.807, 2.05) is 0 Å². The van der Waals surface area contributed by atoms with Gasteiger partial charge >= 0.3 is 21.7 Å². The van der Waals surface area contributed by atoms with Crippen molar-refractivity contribution in [2.75, 3.05) is 39.3 Å². The van der Waals surface area contributed by atoms with Gasteiger partial charge in [0.25, 0.3) is 0 Å². The van der Waals surface area contributed by atoms with Crippen molar-refractivity contribution >= 4 is 7.51 Å². The van der Waals surface area contributed by atoms with Crippen molar-refractivity contribution in [2.45, 2.75) is 115 Å². The monoisotopic (exact) mass is 563 g/mol. The Labute approximate surface area is 246 Å². The van der Waals surface area contributed by atoms with Gasteiger partial charge in [-0.05, 0) is 75.6 Å². The van der Waals surface area contributed by atoms with Crippen molar-refractivity contribution in [3.05, 3.63) is 20.0 Å². The molecule has 0 aliphatic heterocycles. The van der Waals surface area contributed by atoms with Gasteiger partial charge in [0.2, 0.25) is 0 Å². The molecule has 0 bridgehead atoms. The zero-order chi connectivity index (χ0) is 25.6. The minimum atomic E-state index is -2.40. The molecule has 6 heteroatoms. The van der Waals surface area contributed by atoms with Gasteiger partial charge in [-0.2, -0.15) is 0 Å². The molecular formula is C30H68N4PTi+. The Balaban J connectivity index is -0.000000332. The first kappa shape index (κ1) is 43.9. The third-order valence-electron chi connectivity index (χ3n) is 8.18. The van der Waals surface area contributed by atoms with Crippen LogP contribution in [-0.4, -0.2) is 53.3 Å². The van der Waals surface area contributed by atoms with Gasteiger partial charge < -0.3 is 20.0 Å². The van der Waals surface area contributed by atoms with Crippen molar-refractivity contribution in [1.82, 2.24) is 14.0 Å². The topological polar surface area (TPSA) is 32.0 Å². The van der Waals surface area contributed by atoms with Gasteiger partial charge in [-0.25, -0.2) is 0 Å². The van der Waals surface area contributed by atoms with Crippen LogP contribution in [0.5, 0.6) is 0 Å². The fraction of sp³-hybridized carbons (Fsp3) is 0.933. The van der Waals surface area contributed by atoms with E-state index in [0.717, 1.165) is 107 Å². The number of rotatable bonds is 15. The van der Waals surface area contributed by atoms with Crippen LogP contribution >= 0.6 is 7.51 Å². The van der Waals surface area contributed by atoms with Gasteiger partial charge in [0.05, 0.1) is 0 Å². The van der Waals surface area contributed by atoms with Crippen LogP contribution in [0.4, 0.5) is 0 Å². The Bertz CT molecular complexity index is 423. The molecule has 4 nitrogen and oxygen atoms in total. The maximum atomic E-state index is 12.1. The van der Waals surface area contributed by atoms with Crippen molar-refractivity contribution in [2.24, 2.45) is 29.6 Å².